The molecule has 1 rings (SSSR count). The number of hydrogen-bond donors (Lipinski definition) is 1. The van der Waals surface area contributed by atoms with Crippen molar-refractivity contribution in [3.05, 3.63) is 30.3 Å². The van der Waals surface area contributed by atoms with Crippen LogP contribution in [0.3, 0.4) is 0 Å². The Morgan fingerprint density at radius 1 is 1.13 bits per heavy atom. The fraction of sp³-hybridized carbons (Fsp3) is 0.562. The number of sulfonamides is 1. The lowest BCUT2D eigenvalue weighted by molar-refractivity contribution is 0.0464. The molecule has 0 saturated carbocycles. The van der Waals surface area contributed by atoms with E-state index >= 15 is 0 Å². The summed E-state index contributed by atoms with van der Waals surface area (Å²) in [6, 6.07) is 8.18. The van der Waals surface area contributed by atoms with Crippen molar-refractivity contribution in [2.45, 2.75) is 50.7 Å². The third-order valence-corrected chi connectivity index (χ3v) is 4.73. The standard InChI is InChI=1S/C16H26N2O4S/c1-15(2,3)22-14(19)17-16(4,5)12-18(6)23(20,21)13-10-8-7-9-11-13/h7-11H,12H2,1-6H3,(H,17,19). The van der Waals surface area contributed by atoms with Gasteiger partial charge >= 0.3 is 6.09 Å². The first-order valence-electron chi connectivity index (χ1n) is 7.36. The average molecular weight is 342 g/mol. The summed E-state index contributed by atoms with van der Waals surface area (Å²) in [5.74, 6) is 0. The van der Waals surface area contributed by atoms with Crippen LogP contribution in [0.2, 0.25) is 0 Å². The van der Waals surface area contributed by atoms with Gasteiger partial charge < -0.3 is 10.1 Å². The number of alkyl carbamates (subject to hydrolysis) is 1. The number of amides is 1. The number of rotatable bonds is 5. The van der Waals surface area contributed by atoms with Gasteiger partial charge in [-0.1, -0.05) is 18.2 Å². The van der Waals surface area contributed by atoms with Crippen LogP contribution in [0.5, 0.6) is 0 Å². The largest absolute Gasteiger partial charge is 0.444 e. The fourth-order valence-corrected chi connectivity index (χ4v) is 3.39. The van der Waals surface area contributed by atoms with Crippen LogP contribution in [0.4, 0.5) is 4.79 Å². The third kappa shape index (κ3) is 6.19. The molecule has 23 heavy (non-hydrogen) atoms. The van der Waals surface area contributed by atoms with Crippen molar-refractivity contribution >= 4 is 16.1 Å². The maximum Gasteiger partial charge on any atom is 0.408 e. The van der Waals surface area contributed by atoms with Crippen molar-refractivity contribution in [1.29, 1.82) is 0 Å². The normalized spacial score (nSPS) is 13.0. The molecule has 6 nitrogen and oxygen atoms in total. The summed E-state index contributed by atoms with van der Waals surface area (Å²) < 4.78 is 31.4. The summed E-state index contributed by atoms with van der Waals surface area (Å²) in [7, 11) is -2.11. The highest BCUT2D eigenvalue weighted by atomic mass is 32.2. The van der Waals surface area contributed by atoms with Crippen molar-refractivity contribution in [2.75, 3.05) is 13.6 Å². The molecule has 0 spiro atoms. The van der Waals surface area contributed by atoms with Gasteiger partial charge in [0.25, 0.3) is 0 Å². The van der Waals surface area contributed by atoms with Crippen molar-refractivity contribution < 1.29 is 17.9 Å². The molecule has 0 atom stereocenters. The Hall–Kier alpha value is -1.60. The van der Waals surface area contributed by atoms with E-state index in [1.54, 1.807) is 65.0 Å². The molecular weight excluding hydrogens is 316 g/mol. The Morgan fingerprint density at radius 3 is 2.13 bits per heavy atom. The SMILES string of the molecule is CN(CC(C)(C)NC(=O)OC(C)(C)C)S(=O)(=O)c1ccccc1. The maximum absolute atomic E-state index is 12.5. The van der Waals surface area contributed by atoms with Crippen LogP contribution in [0.15, 0.2) is 35.2 Å². The number of benzene rings is 1. The Labute approximate surface area is 138 Å². The Morgan fingerprint density at radius 2 is 1.65 bits per heavy atom. The molecular formula is C16H26N2O4S. The minimum absolute atomic E-state index is 0.115. The molecule has 1 amide bonds. The van der Waals surface area contributed by atoms with E-state index in [0.717, 1.165) is 0 Å². The number of carbonyl (C=O) groups is 1. The predicted molar refractivity (Wildman–Crippen MR) is 89.7 cm³/mol. The third-order valence-electron chi connectivity index (χ3n) is 2.91. The van der Waals surface area contributed by atoms with E-state index < -0.39 is 27.3 Å². The highest BCUT2D eigenvalue weighted by Crippen LogP contribution is 2.17. The van der Waals surface area contributed by atoms with Crippen LogP contribution in [0.25, 0.3) is 0 Å². The first kappa shape index (κ1) is 19.4. The molecule has 0 unspecified atom stereocenters. The van der Waals surface area contributed by atoms with Crippen LogP contribution < -0.4 is 5.32 Å². The van der Waals surface area contributed by atoms with Crippen molar-refractivity contribution in [3.8, 4) is 0 Å². The summed E-state index contributed by atoms with van der Waals surface area (Å²) >= 11 is 0. The van der Waals surface area contributed by atoms with Gasteiger partial charge in [-0.25, -0.2) is 13.2 Å². The first-order valence-corrected chi connectivity index (χ1v) is 8.80. The van der Waals surface area contributed by atoms with Crippen LogP contribution >= 0.6 is 0 Å². The van der Waals surface area contributed by atoms with Gasteiger partial charge in [-0.05, 0) is 46.8 Å². The quantitative estimate of drug-likeness (QED) is 0.892. The van der Waals surface area contributed by atoms with E-state index in [9.17, 15) is 13.2 Å². The second kappa shape index (κ2) is 6.88. The minimum Gasteiger partial charge on any atom is -0.444 e. The number of carbonyl (C=O) groups excluding carboxylic acids is 1. The van der Waals surface area contributed by atoms with E-state index in [1.807, 2.05) is 0 Å². The molecule has 0 aliphatic carbocycles. The van der Waals surface area contributed by atoms with Crippen LogP contribution in [0.1, 0.15) is 34.6 Å². The second-order valence-corrected chi connectivity index (χ2v) is 9.13. The van der Waals surface area contributed by atoms with Gasteiger partial charge in [0.2, 0.25) is 10.0 Å². The zero-order valence-electron chi connectivity index (χ0n) is 14.6. The maximum atomic E-state index is 12.5. The zero-order valence-corrected chi connectivity index (χ0v) is 15.4. The topological polar surface area (TPSA) is 75.7 Å². The van der Waals surface area contributed by atoms with Crippen molar-refractivity contribution in [1.82, 2.24) is 9.62 Å². The van der Waals surface area contributed by atoms with Gasteiger partial charge in [-0.15, -0.1) is 0 Å². The van der Waals surface area contributed by atoms with E-state index in [4.69, 9.17) is 4.74 Å². The number of ether oxygens (including phenoxy) is 1. The zero-order chi connectivity index (χ0) is 17.9. The lowest BCUT2D eigenvalue weighted by Crippen LogP contribution is -2.52. The number of nitrogens with one attached hydrogen (secondary N) is 1. The van der Waals surface area contributed by atoms with E-state index in [1.165, 1.54) is 11.4 Å². The summed E-state index contributed by atoms with van der Waals surface area (Å²) in [6.07, 6.45) is -0.576. The first-order chi connectivity index (χ1) is 10.3. The molecule has 7 heteroatoms. The molecule has 0 saturated heterocycles. The summed E-state index contributed by atoms with van der Waals surface area (Å²) in [5.41, 5.74) is -1.39. The molecule has 0 aromatic heterocycles. The van der Waals surface area contributed by atoms with Gasteiger partial charge in [0.05, 0.1) is 10.4 Å². The number of likely N-dealkylation sites (N-methyl/N-ethyl adjacent to an activating group) is 1. The molecule has 0 heterocycles. The summed E-state index contributed by atoms with van der Waals surface area (Å²) in [4.78, 5) is 12.1. The second-order valence-electron chi connectivity index (χ2n) is 7.08. The lowest BCUT2D eigenvalue weighted by Gasteiger charge is -2.32. The van der Waals surface area contributed by atoms with Gasteiger partial charge in [0, 0.05) is 13.6 Å². The minimum atomic E-state index is -3.60. The number of nitrogens with zero attached hydrogens (tertiary/aromatic N) is 1. The van der Waals surface area contributed by atoms with Crippen LogP contribution in [-0.4, -0.2) is 43.5 Å². The highest BCUT2D eigenvalue weighted by Gasteiger charge is 2.30. The smallest absolute Gasteiger partial charge is 0.408 e. The van der Waals surface area contributed by atoms with Gasteiger partial charge in [-0.2, -0.15) is 4.31 Å². The molecule has 0 aliphatic heterocycles. The Bertz CT molecular complexity index is 634. The van der Waals surface area contributed by atoms with Crippen molar-refractivity contribution in [2.24, 2.45) is 0 Å². The van der Waals surface area contributed by atoms with E-state index in [-0.39, 0.29) is 11.4 Å². The lowest BCUT2D eigenvalue weighted by atomic mass is 10.1. The molecule has 0 aliphatic rings. The molecule has 130 valence electrons. The molecule has 0 fully saturated rings. The molecule has 0 radical (unpaired) electrons. The van der Waals surface area contributed by atoms with Crippen LogP contribution in [0, 0.1) is 0 Å². The predicted octanol–water partition coefficient (Wildman–Crippen LogP) is 2.61. The van der Waals surface area contributed by atoms with Gasteiger partial charge in [0.15, 0.2) is 0 Å². The molecule has 1 N–H and O–H groups in total. The molecule has 0 bridgehead atoms. The molecule has 1 aromatic carbocycles. The Balaban J connectivity index is 2.79. The van der Waals surface area contributed by atoms with E-state index in [2.05, 4.69) is 5.32 Å². The van der Waals surface area contributed by atoms with E-state index in [0.29, 0.717) is 0 Å². The number of hydrogen-bond acceptors (Lipinski definition) is 4. The average Bonchev–Trinajstić information content (AvgIpc) is 2.35. The fourth-order valence-electron chi connectivity index (χ4n) is 2.03. The van der Waals surface area contributed by atoms with Crippen LogP contribution in [-0.2, 0) is 14.8 Å². The summed E-state index contributed by atoms with van der Waals surface area (Å²) in [5, 5.41) is 2.70. The highest BCUT2D eigenvalue weighted by molar-refractivity contribution is 7.89. The molecule has 1 aromatic rings. The monoisotopic (exact) mass is 342 g/mol. The van der Waals surface area contributed by atoms with Gasteiger partial charge in [0.1, 0.15) is 5.60 Å². The summed E-state index contributed by atoms with van der Waals surface area (Å²) in [6.45, 7) is 8.91. The Kier molecular flexibility index (Phi) is 5.82. The van der Waals surface area contributed by atoms with Gasteiger partial charge in [-0.3, -0.25) is 0 Å². The van der Waals surface area contributed by atoms with Crippen molar-refractivity contribution in [3.63, 3.8) is 0 Å².